The molecule has 0 aliphatic rings. The third kappa shape index (κ3) is 2.23. The van der Waals surface area contributed by atoms with Crippen LogP contribution in [0.15, 0.2) is 54.7 Å². The number of carbonyl (C=O) groups is 1. The fourth-order valence-electron chi connectivity index (χ4n) is 1.98. The van der Waals surface area contributed by atoms with Crippen LogP contribution >= 0.6 is 0 Å². The lowest BCUT2D eigenvalue weighted by Crippen LogP contribution is -1.93. The summed E-state index contributed by atoms with van der Waals surface area (Å²) in [6.45, 7) is 0. The lowest BCUT2D eigenvalue weighted by Gasteiger charge is -2.09. The molecule has 3 aromatic rings. The summed E-state index contributed by atoms with van der Waals surface area (Å²) in [5.41, 5.74) is 0.856. The number of nitrogens with zero attached hydrogens (tertiary/aromatic N) is 1. The fourth-order valence-corrected chi connectivity index (χ4v) is 1.98. The highest BCUT2D eigenvalue weighted by atomic mass is 19.1. The second kappa shape index (κ2) is 5.09. The molecule has 0 unspecified atom stereocenters. The van der Waals surface area contributed by atoms with Gasteiger partial charge >= 0.3 is 0 Å². The van der Waals surface area contributed by atoms with Gasteiger partial charge in [-0.3, -0.25) is 9.78 Å². The summed E-state index contributed by atoms with van der Waals surface area (Å²) in [4.78, 5) is 15.2. The smallest absolute Gasteiger partial charge is 0.153 e. The van der Waals surface area contributed by atoms with Crippen molar-refractivity contribution in [1.29, 1.82) is 0 Å². The Bertz CT molecular complexity index is 781. The van der Waals surface area contributed by atoms with Crippen LogP contribution in [-0.4, -0.2) is 11.3 Å². The SMILES string of the molecule is O=Cc1cc(F)ccc1Oc1cccc2cccnc12. The Kier molecular flexibility index (Phi) is 3.13. The number of para-hydroxylation sites is 1. The zero-order valence-corrected chi connectivity index (χ0v) is 10.4. The Morgan fingerprint density at radius 1 is 1.05 bits per heavy atom. The van der Waals surface area contributed by atoms with Crippen molar-refractivity contribution in [3.05, 3.63) is 66.1 Å². The Hall–Kier alpha value is -2.75. The molecule has 3 nitrogen and oxygen atoms in total. The number of fused-ring (bicyclic) bond motifs is 1. The van der Waals surface area contributed by atoms with E-state index in [1.165, 1.54) is 12.1 Å². The molecule has 0 spiro atoms. The molecule has 1 aromatic heterocycles. The molecular formula is C16H10FNO2. The van der Waals surface area contributed by atoms with Crippen LogP contribution in [0.4, 0.5) is 4.39 Å². The van der Waals surface area contributed by atoms with Crippen LogP contribution in [0.25, 0.3) is 10.9 Å². The third-order valence-electron chi connectivity index (χ3n) is 2.91. The van der Waals surface area contributed by atoms with E-state index in [1.54, 1.807) is 12.3 Å². The molecule has 0 bridgehead atoms. The number of hydrogen-bond donors (Lipinski definition) is 0. The van der Waals surface area contributed by atoms with Crippen LogP contribution in [0.2, 0.25) is 0 Å². The minimum absolute atomic E-state index is 0.165. The highest BCUT2D eigenvalue weighted by molar-refractivity contribution is 5.85. The molecular weight excluding hydrogens is 257 g/mol. The summed E-state index contributed by atoms with van der Waals surface area (Å²) in [6.07, 6.45) is 2.23. The molecule has 0 fully saturated rings. The third-order valence-corrected chi connectivity index (χ3v) is 2.91. The summed E-state index contributed by atoms with van der Waals surface area (Å²) in [6, 6.07) is 13.1. The molecule has 98 valence electrons. The zero-order valence-electron chi connectivity index (χ0n) is 10.4. The van der Waals surface area contributed by atoms with E-state index < -0.39 is 5.82 Å². The van der Waals surface area contributed by atoms with E-state index in [1.807, 2.05) is 24.3 Å². The van der Waals surface area contributed by atoms with Gasteiger partial charge in [0.15, 0.2) is 12.0 Å². The molecule has 1 heterocycles. The number of hydrogen-bond acceptors (Lipinski definition) is 3. The molecule has 0 amide bonds. The van der Waals surface area contributed by atoms with Crippen LogP contribution < -0.4 is 4.74 Å². The first-order valence-electron chi connectivity index (χ1n) is 6.04. The number of aromatic nitrogens is 1. The van der Waals surface area contributed by atoms with Gasteiger partial charge in [-0.1, -0.05) is 18.2 Å². The van der Waals surface area contributed by atoms with E-state index in [0.29, 0.717) is 23.3 Å². The van der Waals surface area contributed by atoms with Crippen LogP contribution in [0.1, 0.15) is 10.4 Å². The topological polar surface area (TPSA) is 39.2 Å². The van der Waals surface area contributed by atoms with E-state index in [2.05, 4.69) is 4.98 Å². The van der Waals surface area contributed by atoms with Gasteiger partial charge < -0.3 is 4.74 Å². The highest BCUT2D eigenvalue weighted by Crippen LogP contribution is 2.30. The molecule has 0 saturated carbocycles. The highest BCUT2D eigenvalue weighted by Gasteiger charge is 2.08. The van der Waals surface area contributed by atoms with E-state index in [-0.39, 0.29) is 5.56 Å². The molecule has 0 saturated heterocycles. The van der Waals surface area contributed by atoms with Crippen molar-refractivity contribution in [1.82, 2.24) is 4.98 Å². The Morgan fingerprint density at radius 3 is 2.75 bits per heavy atom. The predicted molar refractivity (Wildman–Crippen MR) is 73.6 cm³/mol. The molecule has 0 aliphatic heterocycles. The van der Waals surface area contributed by atoms with Gasteiger partial charge in [-0.05, 0) is 30.3 Å². The summed E-state index contributed by atoms with van der Waals surface area (Å²) < 4.78 is 18.8. The molecule has 20 heavy (non-hydrogen) atoms. The van der Waals surface area contributed by atoms with Gasteiger partial charge in [-0.2, -0.15) is 0 Å². The van der Waals surface area contributed by atoms with E-state index >= 15 is 0 Å². The van der Waals surface area contributed by atoms with Gasteiger partial charge in [-0.15, -0.1) is 0 Å². The Morgan fingerprint density at radius 2 is 1.90 bits per heavy atom. The lowest BCUT2D eigenvalue weighted by molar-refractivity contribution is 0.112. The van der Waals surface area contributed by atoms with Gasteiger partial charge in [0.1, 0.15) is 17.1 Å². The number of benzene rings is 2. The number of pyridine rings is 1. The van der Waals surface area contributed by atoms with Gasteiger partial charge in [0, 0.05) is 11.6 Å². The van der Waals surface area contributed by atoms with Crippen molar-refractivity contribution in [2.45, 2.75) is 0 Å². The fraction of sp³-hybridized carbons (Fsp3) is 0. The van der Waals surface area contributed by atoms with Crippen LogP contribution in [-0.2, 0) is 0 Å². The van der Waals surface area contributed by atoms with Crippen LogP contribution in [0, 0.1) is 5.82 Å². The Labute approximate surface area is 114 Å². The minimum Gasteiger partial charge on any atom is -0.454 e. The number of aldehydes is 1. The second-order valence-corrected chi connectivity index (χ2v) is 4.23. The molecule has 3 rings (SSSR count). The molecule has 0 atom stereocenters. The van der Waals surface area contributed by atoms with E-state index in [0.717, 1.165) is 11.5 Å². The van der Waals surface area contributed by atoms with Crippen molar-refractivity contribution < 1.29 is 13.9 Å². The Balaban J connectivity index is 2.08. The average molecular weight is 267 g/mol. The van der Waals surface area contributed by atoms with Crippen LogP contribution in [0.5, 0.6) is 11.5 Å². The van der Waals surface area contributed by atoms with Crippen molar-refractivity contribution in [2.24, 2.45) is 0 Å². The first-order valence-corrected chi connectivity index (χ1v) is 6.04. The van der Waals surface area contributed by atoms with Crippen molar-refractivity contribution in [2.75, 3.05) is 0 Å². The molecule has 2 aromatic carbocycles. The van der Waals surface area contributed by atoms with Gasteiger partial charge in [-0.25, -0.2) is 4.39 Å². The largest absolute Gasteiger partial charge is 0.454 e. The van der Waals surface area contributed by atoms with Gasteiger partial charge in [0.05, 0.1) is 5.56 Å². The molecule has 4 heteroatoms. The number of carbonyl (C=O) groups excluding carboxylic acids is 1. The maximum Gasteiger partial charge on any atom is 0.153 e. The van der Waals surface area contributed by atoms with Gasteiger partial charge in [0.2, 0.25) is 0 Å². The van der Waals surface area contributed by atoms with Crippen molar-refractivity contribution in [3.8, 4) is 11.5 Å². The van der Waals surface area contributed by atoms with E-state index in [4.69, 9.17) is 4.74 Å². The van der Waals surface area contributed by atoms with Crippen molar-refractivity contribution in [3.63, 3.8) is 0 Å². The second-order valence-electron chi connectivity index (χ2n) is 4.23. The number of rotatable bonds is 3. The van der Waals surface area contributed by atoms with Gasteiger partial charge in [0.25, 0.3) is 0 Å². The normalized spacial score (nSPS) is 10.4. The maximum absolute atomic E-state index is 13.1. The maximum atomic E-state index is 13.1. The predicted octanol–water partition coefficient (Wildman–Crippen LogP) is 3.98. The molecule has 0 aliphatic carbocycles. The summed E-state index contributed by atoms with van der Waals surface area (Å²) in [5.74, 6) is 0.354. The number of halogens is 1. The number of ether oxygens (including phenoxy) is 1. The standard InChI is InChI=1S/C16H10FNO2/c17-13-6-7-14(12(9-13)10-19)20-15-5-1-3-11-4-2-8-18-16(11)15/h1-10H. The first-order chi connectivity index (χ1) is 9.78. The zero-order chi connectivity index (χ0) is 13.9. The summed E-state index contributed by atoms with van der Waals surface area (Å²) >= 11 is 0. The average Bonchev–Trinajstić information content (AvgIpc) is 2.49. The summed E-state index contributed by atoms with van der Waals surface area (Å²) in [7, 11) is 0. The quantitative estimate of drug-likeness (QED) is 0.674. The van der Waals surface area contributed by atoms with E-state index in [9.17, 15) is 9.18 Å². The molecule has 0 radical (unpaired) electrons. The van der Waals surface area contributed by atoms with Crippen LogP contribution in [0.3, 0.4) is 0 Å². The monoisotopic (exact) mass is 267 g/mol. The van der Waals surface area contributed by atoms with Crippen molar-refractivity contribution >= 4 is 17.2 Å². The lowest BCUT2D eigenvalue weighted by atomic mass is 10.2. The first kappa shape index (κ1) is 12.3. The minimum atomic E-state index is -0.476. The summed E-state index contributed by atoms with van der Waals surface area (Å²) in [5, 5.41) is 0.930. The molecule has 0 N–H and O–H groups in total.